The van der Waals surface area contributed by atoms with Crippen LogP contribution < -0.4 is 10.1 Å². The van der Waals surface area contributed by atoms with E-state index in [1.165, 1.54) is 0 Å². The second-order valence-electron chi connectivity index (χ2n) is 3.85. The molecule has 87 valence electrons. The molecule has 1 heterocycles. The lowest BCUT2D eigenvalue weighted by atomic mass is 10.3. The van der Waals surface area contributed by atoms with Gasteiger partial charge in [-0.05, 0) is 28.9 Å². The van der Waals surface area contributed by atoms with Crippen LogP contribution in [0, 0.1) is 6.07 Å². The van der Waals surface area contributed by atoms with Crippen LogP contribution in [0.15, 0.2) is 22.7 Å². The molecule has 3 nitrogen and oxygen atoms in total. The quantitative estimate of drug-likeness (QED) is 0.917. The van der Waals surface area contributed by atoms with Gasteiger partial charge in [-0.25, -0.2) is 0 Å². The summed E-state index contributed by atoms with van der Waals surface area (Å²) in [6.45, 7) is 6.22. The zero-order valence-corrected chi connectivity index (χ0v) is 11.0. The van der Waals surface area contributed by atoms with Crippen molar-refractivity contribution in [3.63, 3.8) is 0 Å². The zero-order valence-electron chi connectivity index (χ0n) is 9.37. The number of para-hydroxylation sites is 1. The molecule has 1 aliphatic rings. The summed E-state index contributed by atoms with van der Waals surface area (Å²) in [6, 6.07) is 8.87. The van der Waals surface area contributed by atoms with Gasteiger partial charge in [0.15, 0.2) is 0 Å². The summed E-state index contributed by atoms with van der Waals surface area (Å²) in [6.07, 6.45) is 0.0945. The minimum Gasteiger partial charge on any atom is -0.474 e. The van der Waals surface area contributed by atoms with Gasteiger partial charge in [0.2, 0.25) is 0 Å². The van der Waals surface area contributed by atoms with Gasteiger partial charge in [-0.3, -0.25) is 4.90 Å². The summed E-state index contributed by atoms with van der Waals surface area (Å²) in [5.41, 5.74) is 0. The first-order chi connectivity index (χ1) is 7.77. The number of nitrogens with one attached hydrogen (secondary N) is 1. The number of piperazine rings is 1. The van der Waals surface area contributed by atoms with Crippen molar-refractivity contribution in [2.45, 2.75) is 13.2 Å². The first kappa shape index (κ1) is 11.9. The van der Waals surface area contributed by atoms with Crippen LogP contribution in [0.3, 0.4) is 0 Å². The summed E-state index contributed by atoms with van der Waals surface area (Å²) >= 11 is 3.46. The topological polar surface area (TPSA) is 24.5 Å². The zero-order chi connectivity index (χ0) is 11.4. The SMILES string of the molecule is CC(Oc1[c]cccc1Br)N1CCNCC1. The molecule has 1 atom stereocenters. The molecule has 1 N–H and O–H groups in total. The standard InChI is InChI=1S/C12H16BrN2O/c1-10(15-8-6-14-7-9-15)16-12-5-3-2-4-11(12)13/h2-4,10,14H,6-9H2,1H3. The van der Waals surface area contributed by atoms with Gasteiger partial charge in [-0.15, -0.1) is 0 Å². The molecule has 2 rings (SSSR count). The molecular weight excluding hydrogens is 268 g/mol. The predicted octanol–water partition coefficient (Wildman–Crippen LogP) is 1.88. The van der Waals surface area contributed by atoms with E-state index < -0.39 is 0 Å². The molecule has 1 fully saturated rings. The summed E-state index contributed by atoms with van der Waals surface area (Å²) in [7, 11) is 0. The third-order valence-corrected chi connectivity index (χ3v) is 3.35. The highest BCUT2D eigenvalue weighted by Crippen LogP contribution is 2.24. The minimum absolute atomic E-state index is 0.0945. The van der Waals surface area contributed by atoms with Crippen molar-refractivity contribution in [2.75, 3.05) is 26.2 Å². The third-order valence-electron chi connectivity index (χ3n) is 2.72. The van der Waals surface area contributed by atoms with Crippen molar-refractivity contribution < 1.29 is 4.74 Å². The summed E-state index contributed by atoms with van der Waals surface area (Å²) in [5.74, 6) is 0.786. The van der Waals surface area contributed by atoms with Gasteiger partial charge >= 0.3 is 0 Å². The van der Waals surface area contributed by atoms with Gasteiger partial charge < -0.3 is 10.1 Å². The Morgan fingerprint density at radius 1 is 1.50 bits per heavy atom. The fourth-order valence-electron chi connectivity index (χ4n) is 1.78. The molecule has 1 aromatic carbocycles. The van der Waals surface area contributed by atoms with Crippen molar-refractivity contribution in [3.8, 4) is 5.75 Å². The Bertz CT molecular complexity index is 340. The maximum atomic E-state index is 5.88. The van der Waals surface area contributed by atoms with Crippen LogP contribution in [0.1, 0.15) is 6.92 Å². The van der Waals surface area contributed by atoms with E-state index in [2.05, 4.69) is 39.1 Å². The number of halogens is 1. The van der Waals surface area contributed by atoms with Gasteiger partial charge in [0, 0.05) is 32.2 Å². The highest BCUT2D eigenvalue weighted by atomic mass is 79.9. The van der Waals surface area contributed by atoms with Crippen LogP contribution in [0.4, 0.5) is 0 Å². The van der Waals surface area contributed by atoms with Gasteiger partial charge in [-0.2, -0.15) is 0 Å². The average Bonchev–Trinajstić information content (AvgIpc) is 2.33. The smallest absolute Gasteiger partial charge is 0.150 e. The number of benzene rings is 1. The Balaban J connectivity index is 1.96. The average molecular weight is 284 g/mol. The van der Waals surface area contributed by atoms with Crippen molar-refractivity contribution in [1.29, 1.82) is 0 Å². The van der Waals surface area contributed by atoms with Crippen LogP contribution in [0.25, 0.3) is 0 Å². The number of ether oxygens (including phenoxy) is 1. The number of nitrogens with zero attached hydrogens (tertiary/aromatic N) is 1. The summed E-state index contributed by atoms with van der Waals surface area (Å²) < 4.78 is 6.84. The van der Waals surface area contributed by atoms with E-state index in [9.17, 15) is 0 Å². The molecular formula is C12H16BrN2O. The fraction of sp³-hybridized carbons (Fsp3) is 0.500. The molecule has 1 radical (unpaired) electrons. The van der Waals surface area contributed by atoms with E-state index in [0.29, 0.717) is 0 Å². The summed E-state index contributed by atoms with van der Waals surface area (Å²) in [5, 5.41) is 3.33. The Morgan fingerprint density at radius 3 is 2.94 bits per heavy atom. The van der Waals surface area contributed by atoms with Gasteiger partial charge in [0.1, 0.15) is 12.0 Å². The molecule has 1 aliphatic heterocycles. The molecule has 1 unspecified atom stereocenters. The van der Waals surface area contributed by atoms with E-state index in [0.717, 1.165) is 36.4 Å². The molecule has 0 aromatic heterocycles. The Kier molecular flexibility index (Phi) is 4.21. The number of rotatable bonds is 3. The molecule has 0 spiro atoms. The lowest BCUT2D eigenvalue weighted by Crippen LogP contribution is -2.49. The maximum Gasteiger partial charge on any atom is 0.150 e. The van der Waals surface area contributed by atoms with Gasteiger partial charge in [0.25, 0.3) is 0 Å². The Morgan fingerprint density at radius 2 is 2.25 bits per heavy atom. The van der Waals surface area contributed by atoms with E-state index in [1.54, 1.807) is 0 Å². The van der Waals surface area contributed by atoms with Crippen LogP contribution in [-0.2, 0) is 0 Å². The molecule has 1 aromatic rings. The van der Waals surface area contributed by atoms with Crippen molar-refractivity contribution in [2.24, 2.45) is 0 Å². The minimum atomic E-state index is 0.0945. The molecule has 0 saturated carbocycles. The highest BCUT2D eigenvalue weighted by molar-refractivity contribution is 9.10. The molecule has 0 amide bonds. The molecule has 4 heteroatoms. The van der Waals surface area contributed by atoms with Crippen molar-refractivity contribution >= 4 is 15.9 Å². The normalized spacial score (nSPS) is 19.4. The fourth-order valence-corrected chi connectivity index (χ4v) is 2.14. The first-order valence-electron chi connectivity index (χ1n) is 5.55. The van der Waals surface area contributed by atoms with Crippen LogP contribution in [-0.4, -0.2) is 37.3 Å². The van der Waals surface area contributed by atoms with Crippen LogP contribution in [0.2, 0.25) is 0 Å². The van der Waals surface area contributed by atoms with E-state index in [4.69, 9.17) is 4.74 Å². The van der Waals surface area contributed by atoms with Gasteiger partial charge in [-0.1, -0.05) is 12.1 Å². The maximum absolute atomic E-state index is 5.88. The monoisotopic (exact) mass is 283 g/mol. The van der Waals surface area contributed by atoms with Gasteiger partial charge in [0.05, 0.1) is 4.47 Å². The highest BCUT2D eigenvalue weighted by Gasteiger charge is 2.18. The number of hydrogen-bond acceptors (Lipinski definition) is 3. The van der Waals surface area contributed by atoms with Crippen LogP contribution in [0.5, 0.6) is 5.75 Å². The van der Waals surface area contributed by atoms with E-state index >= 15 is 0 Å². The Hall–Kier alpha value is -0.580. The summed E-state index contributed by atoms with van der Waals surface area (Å²) in [4.78, 5) is 2.32. The Labute approximate surface area is 105 Å². The lowest BCUT2D eigenvalue weighted by Gasteiger charge is -2.32. The second kappa shape index (κ2) is 5.66. The van der Waals surface area contributed by atoms with Crippen molar-refractivity contribution in [3.05, 3.63) is 28.7 Å². The molecule has 16 heavy (non-hydrogen) atoms. The number of hydrogen-bond donors (Lipinski definition) is 1. The molecule has 1 saturated heterocycles. The lowest BCUT2D eigenvalue weighted by molar-refractivity contribution is 0.0304. The van der Waals surface area contributed by atoms with E-state index in [-0.39, 0.29) is 6.23 Å². The van der Waals surface area contributed by atoms with Crippen molar-refractivity contribution in [1.82, 2.24) is 10.2 Å². The first-order valence-corrected chi connectivity index (χ1v) is 6.34. The second-order valence-corrected chi connectivity index (χ2v) is 4.70. The molecule has 0 aliphatic carbocycles. The van der Waals surface area contributed by atoms with E-state index in [1.807, 2.05) is 18.2 Å². The molecule has 0 bridgehead atoms. The van der Waals surface area contributed by atoms with Crippen LogP contribution >= 0.6 is 15.9 Å². The predicted molar refractivity (Wildman–Crippen MR) is 67.5 cm³/mol. The largest absolute Gasteiger partial charge is 0.474 e. The third kappa shape index (κ3) is 2.97.